The number of nitrogens with zero attached hydrogens (tertiary/aromatic N) is 1. The number of halogens is 3. The second kappa shape index (κ2) is 8.79. The average Bonchev–Trinajstić information content (AvgIpc) is 2.65. The number of rotatable bonds is 6. The molecule has 1 atom stereocenters. The van der Waals surface area contributed by atoms with E-state index in [1.807, 2.05) is 0 Å². The Morgan fingerprint density at radius 1 is 1.25 bits per heavy atom. The van der Waals surface area contributed by atoms with Crippen molar-refractivity contribution in [3.63, 3.8) is 0 Å². The largest absolute Gasteiger partial charge is 0.416 e. The van der Waals surface area contributed by atoms with Crippen molar-refractivity contribution in [3.8, 4) is 0 Å². The van der Waals surface area contributed by atoms with E-state index in [-0.39, 0.29) is 43.3 Å². The van der Waals surface area contributed by atoms with Crippen molar-refractivity contribution in [3.05, 3.63) is 35.4 Å². The van der Waals surface area contributed by atoms with Crippen LogP contribution in [0.15, 0.2) is 24.3 Å². The van der Waals surface area contributed by atoms with E-state index in [2.05, 4.69) is 0 Å². The molecule has 10 heteroatoms. The number of hydroxylamine groups is 1. The Labute approximate surface area is 162 Å². The van der Waals surface area contributed by atoms with Crippen LogP contribution in [0.5, 0.6) is 0 Å². The first-order valence-corrected chi connectivity index (χ1v) is 10.7. The molecule has 1 heterocycles. The van der Waals surface area contributed by atoms with Crippen molar-refractivity contribution < 1.29 is 31.6 Å². The van der Waals surface area contributed by atoms with E-state index in [0.29, 0.717) is 0 Å². The number of alkyl halides is 3. The zero-order valence-corrected chi connectivity index (χ0v) is 16.6. The molecule has 2 N–H and O–H groups in total. The summed E-state index contributed by atoms with van der Waals surface area (Å²) in [6.45, 7) is 3.53. The summed E-state index contributed by atoms with van der Waals surface area (Å²) in [5, 5.41) is 8.81. The van der Waals surface area contributed by atoms with Crippen molar-refractivity contribution in [2.75, 3.05) is 18.8 Å². The highest BCUT2D eigenvalue weighted by Crippen LogP contribution is 2.39. The minimum Gasteiger partial charge on any atom is -0.289 e. The zero-order valence-electron chi connectivity index (χ0n) is 15.7. The van der Waals surface area contributed by atoms with Gasteiger partial charge in [0.1, 0.15) is 0 Å². The second-order valence-electron chi connectivity index (χ2n) is 7.36. The highest BCUT2D eigenvalue weighted by Gasteiger charge is 2.38. The van der Waals surface area contributed by atoms with Crippen LogP contribution in [0.1, 0.15) is 43.7 Å². The van der Waals surface area contributed by atoms with Crippen LogP contribution in [0, 0.1) is 11.8 Å². The number of amides is 1. The Morgan fingerprint density at radius 3 is 2.32 bits per heavy atom. The molecule has 1 aliphatic rings. The molecular weight excluding hydrogens is 397 g/mol. The molecule has 1 saturated heterocycles. The molecule has 158 valence electrons. The van der Waals surface area contributed by atoms with Crippen LogP contribution in [0.25, 0.3) is 0 Å². The van der Waals surface area contributed by atoms with Crippen molar-refractivity contribution >= 4 is 15.9 Å². The van der Waals surface area contributed by atoms with Crippen molar-refractivity contribution in [2.45, 2.75) is 38.8 Å². The molecule has 1 aromatic carbocycles. The van der Waals surface area contributed by atoms with E-state index >= 15 is 0 Å². The minimum atomic E-state index is -4.46. The zero-order chi connectivity index (χ0) is 21.1. The Bertz CT molecular complexity index is 788. The standard InChI is InChI=1S/C18H25F3N2O4S/c1-12(2)15(17(24)22-25)11-28(26,27)23-9-7-13(8-10-23)14-5-3-4-6-16(14)18(19,20)21/h3-6,12-13,15,25H,7-11H2,1-2H3,(H,22,24). The van der Waals surface area contributed by atoms with Gasteiger partial charge in [-0.05, 0) is 36.3 Å². The second-order valence-corrected chi connectivity index (χ2v) is 9.38. The topological polar surface area (TPSA) is 86.7 Å². The van der Waals surface area contributed by atoms with Gasteiger partial charge >= 0.3 is 6.18 Å². The van der Waals surface area contributed by atoms with Crippen molar-refractivity contribution in [1.29, 1.82) is 0 Å². The third-order valence-electron chi connectivity index (χ3n) is 5.20. The van der Waals surface area contributed by atoms with Gasteiger partial charge in [0.25, 0.3) is 0 Å². The molecule has 6 nitrogen and oxygen atoms in total. The molecule has 1 amide bonds. The fourth-order valence-electron chi connectivity index (χ4n) is 3.54. The van der Waals surface area contributed by atoms with E-state index in [1.165, 1.54) is 21.9 Å². The number of benzene rings is 1. The van der Waals surface area contributed by atoms with E-state index in [0.717, 1.165) is 6.07 Å². The third kappa shape index (κ3) is 5.24. The van der Waals surface area contributed by atoms with Gasteiger partial charge in [0.2, 0.25) is 15.9 Å². The third-order valence-corrected chi connectivity index (χ3v) is 7.13. The molecule has 0 aromatic heterocycles. The van der Waals surface area contributed by atoms with Gasteiger partial charge in [-0.3, -0.25) is 10.0 Å². The van der Waals surface area contributed by atoms with Crippen molar-refractivity contribution in [1.82, 2.24) is 9.79 Å². The predicted molar refractivity (Wildman–Crippen MR) is 97.0 cm³/mol. The van der Waals surface area contributed by atoms with Gasteiger partial charge in [0, 0.05) is 13.1 Å². The fraction of sp³-hybridized carbons (Fsp3) is 0.611. The SMILES string of the molecule is CC(C)C(CS(=O)(=O)N1CCC(c2ccccc2C(F)(F)F)CC1)C(=O)NO. The Morgan fingerprint density at radius 2 is 1.82 bits per heavy atom. The molecule has 1 aliphatic heterocycles. The van der Waals surface area contributed by atoms with E-state index in [4.69, 9.17) is 5.21 Å². The monoisotopic (exact) mass is 422 g/mol. The predicted octanol–water partition coefficient (Wildman–Crippen LogP) is 2.99. The summed E-state index contributed by atoms with van der Waals surface area (Å²) in [4.78, 5) is 11.7. The molecule has 1 aromatic rings. The molecule has 0 aliphatic carbocycles. The van der Waals surface area contributed by atoms with Crippen LogP contribution < -0.4 is 5.48 Å². The quantitative estimate of drug-likeness (QED) is 0.545. The summed E-state index contributed by atoms with van der Waals surface area (Å²) in [7, 11) is -3.79. The van der Waals surface area contributed by atoms with E-state index in [1.54, 1.807) is 19.9 Å². The number of carbonyl (C=O) groups is 1. The van der Waals surface area contributed by atoms with Gasteiger partial charge in [-0.2, -0.15) is 13.2 Å². The summed E-state index contributed by atoms with van der Waals surface area (Å²) in [6, 6.07) is 5.37. The molecule has 0 bridgehead atoms. The normalized spacial score (nSPS) is 18.2. The summed E-state index contributed by atoms with van der Waals surface area (Å²) >= 11 is 0. The number of piperidine rings is 1. The van der Waals surface area contributed by atoms with Crippen LogP contribution in [0.2, 0.25) is 0 Å². The summed E-state index contributed by atoms with van der Waals surface area (Å²) in [5.74, 6) is -2.84. The highest BCUT2D eigenvalue weighted by molar-refractivity contribution is 7.89. The number of carbonyl (C=O) groups excluding carboxylic acids is 1. The molecule has 1 unspecified atom stereocenters. The number of hydrogen-bond donors (Lipinski definition) is 2. The summed E-state index contributed by atoms with van der Waals surface area (Å²) in [5.41, 5.74) is 0.995. The average molecular weight is 422 g/mol. The van der Waals surface area contributed by atoms with Gasteiger partial charge in [0.05, 0.1) is 17.2 Å². The van der Waals surface area contributed by atoms with E-state index < -0.39 is 39.3 Å². The lowest BCUT2D eigenvalue weighted by molar-refractivity contribution is -0.138. The maximum atomic E-state index is 13.2. The molecule has 0 radical (unpaired) electrons. The first kappa shape index (κ1) is 22.6. The number of nitrogens with one attached hydrogen (secondary N) is 1. The Hall–Kier alpha value is -1.65. The van der Waals surface area contributed by atoms with Gasteiger partial charge in [0.15, 0.2) is 0 Å². The Kier molecular flexibility index (Phi) is 7.11. The molecule has 28 heavy (non-hydrogen) atoms. The minimum absolute atomic E-state index is 0.0880. The van der Waals surface area contributed by atoms with Gasteiger partial charge < -0.3 is 0 Å². The fourth-order valence-corrected chi connectivity index (χ4v) is 5.51. The maximum Gasteiger partial charge on any atom is 0.416 e. The molecule has 2 rings (SSSR count). The molecule has 0 saturated carbocycles. The number of sulfonamides is 1. The van der Waals surface area contributed by atoms with Gasteiger partial charge in [-0.1, -0.05) is 32.0 Å². The summed E-state index contributed by atoms with van der Waals surface area (Å²) in [6.07, 6.45) is -3.92. The lowest BCUT2D eigenvalue weighted by Crippen LogP contribution is -2.44. The molecular formula is C18H25F3N2O4S. The smallest absolute Gasteiger partial charge is 0.289 e. The lowest BCUT2D eigenvalue weighted by Gasteiger charge is -2.33. The highest BCUT2D eigenvalue weighted by atomic mass is 32.2. The Balaban J connectivity index is 2.10. The van der Waals surface area contributed by atoms with E-state index in [9.17, 15) is 26.4 Å². The lowest BCUT2D eigenvalue weighted by atomic mass is 9.87. The first-order valence-electron chi connectivity index (χ1n) is 9.05. The van der Waals surface area contributed by atoms with Crippen LogP contribution in [-0.2, 0) is 21.0 Å². The molecule has 1 fully saturated rings. The molecule has 0 spiro atoms. The van der Waals surface area contributed by atoms with Crippen LogP contribution >= 0.6 is 0 Å². The van der Waals surface area contributed by atoms with Gasteiger partial charge in [-0.25, -0.2) is 18.2 Å². The first-order chi connectivity index (χ1) is 13.0. The van der Waals surface area contributed by atoms with Crippen molar-refractivity contribution in [2.24, 2.45) is 11.8 Å². The van der Waals surface area contributed by atoms with Crippen LogP contribution in [0.4, 0.5) is 13.2 Å². The number of hydrogen-bond acceptors (Lipinski definition) is 4. The van der Waals surface area contributed by atoms with Gasteiger partial charge in [-0.15, -0.1) is 0 Å². The van der Waals surface area contributed by atoms with Crippen LogP contribution in [-0.4, -0.2) is 42.7 Å². The summed E-state index contributed by atoms with van der Waals surface area (Å²) < 4.78 is 66.3. The van der Waals surface area contributed by atoms with Crippen LogP contribution in [0.3, 0.4) is 0 Å². The maximum absolute atomic E-state index is 13.2.